The summed E-state index contributed by atoms with van der Waals surface area (Å²) in [4.78, 5) is 10.3. The summed E-state index contributed by atoms with van der Waals surface area (Å²) in [6.45, 7) is 5.71. The number of unbranched alkanes of at least 4 members (excludes halogenated alkanes) is 14. The Hall–Kier alpha value is 0.0643. The molecule has 5 nitrogen and oxygen atoms in total. The number of aliphatic hydroxyl groups is 1. The van der Waals surface area contributed by atoms with E-state index in [0.717, 1.165) is 12.8 Å². The molecule has 0 atom stereocenters. The summed E-state index contributed by atoms with van der Waals surface area (Å²) in [5.41, 5.74) is 0. The van der Waals surface area contributed by atoms with E-state index in [1.165, 1.54) is 83.5 Å². The number of hydrogen-bond acceptors (Lipinski definition) is 2. The van der Waals surface area contributed by atoms with E-state index in [4.69, 9.17) is 10.2 Å². The van der Waals surface area contributed by atoms with Crippen LogP contribution >= 0.6 is 0 Å². The van der Waals surface area contributed by atoms with Crippen LogP contribution < -0.4 is 0 Å². The SMILES string of the molecule is CC(C)O.CCCCCCCCCCCCCCCCCC(=O)O.O.O.[Ti]. The van der Waals surface area contributed by atoms with Gasteiger partial charge in [0.05, 0.1) is 0 Å². The fourth-order valence-electron chi connectivity index (χ4n) is 2.65. The van der Waals surface area contributed by atoms with Crippen molar-refractivity contribution in [1.29, 1.82) is 0 Å². The summed E-state index contributed by atoms with van der Waals surface area (Å²) in [5.74, 6) is -0.653. The van der Waals surface area contributed by atoms with Gasteiger partial charge < -0.3 is 21.2 Å². The van der Waals surface area contributed by atoms with Gasteiger partial charge in [-0.15, -0.1) is 0 Å². The van der Waals surface area contributed by atoms with E-state index >= 15 is 0 Å². The zero-order valence-electron chi connectivity index (χ0n) is 18.2. The van der Waals surface area contributed by atoms with Crippen LogP contribution in [0.4, 0.5) is 0 Å². The summed E-state index contributed by atoms with van der Waals surface area (Å²) in [6.07, 6.45) is 20.0. The Balaban J connectivity index is -0.000000209. The second-order valence-electron chi connectivity index (χ2n) is 7.19. The minimum Gasteiger partial charge on any atom is -0.481 e. The molecule has 0 aromatic carbocycles. The average Bonchev–Trinajstić information content (AvgIpc) is 2.50. The van der Waals surface area contributed by atoms with Gasteiger partial charge in [-0.1, -0.05) is 96.8 Å². The Bertz CT molecular complexity index is 248. The van der Waals surface area contributed by atoms with Crippen LogP contribution in [0.15, 0.2) is 0 Å². The van der Waals surface area contributed by atoms with Crippen molar-refractivity contribution < 1.29 is 47.7 Å². The number of carboxylic acid groups (broad SMARTS) is 1. The van der Waals surface area contributed by atoms with Crippen molar-refractivity contribution in [2.45, 2.75) is 130 Å². The van der Waals surface area contributed by atoms with Gasteiger partial charge >= 0.3 is 5.97 Å². The van der Waals surface area contributed by atoms with Crippen molar-refractivity contribution in [2.24, 2.45) is 0 Å². The molecule has 0 heterocycles. The van der Waals surface area contributed by atoms with Crippen molar-refractivity contribution in [3.05, 3.63) is 0 Å². The first-order valence-electron chi connectivity index (χ1n) is 10.4. The third-order valence-corrected chi connectivity index (χ3v) is 3.99. The fourth-order valence-corrected chi connectivity index (χ4v) is 2.65. The molecule has 0 radical (unpaired) electrons. The molecule has 27 heavy (non-hydrogen) atoms. The molecular formula is C21H48O5Ti. The van der Waals surface area contributed by atoms with Gasteiger partial charge in [-0.25, -0.2) is 0 Å². The second kappa shape index (κ2) is 33.6. The number of aliphatic carboxylic acids is 1. The summed E-state index contributed by atoms with van der Waals surface area (Å²) >= 11 is 0. The molecule has 0 bridgehead atoms. The summed E-state index contributed by atoms with van der Waals surface area (Å²) in [7, 11) is 0. The summed E-state index contributed by atoms with van der Waals surface area (Å²) in [5, 5.41) is 16.6. The maximum Gasteiger partial charge on any atom is 0.303 e. The molecule has 0 unspecified atom stereocenters. The minimum absolute atomic E-state index is 0. The Morgan fingerprint density at radius 3 is 1.11 bits per heavy atom. The fraction of sp³-hybridized carbons (Fsp3) is 0.952. The Morgan fingerprint density at radius 1 is 0.667 bits per heavy atom. The second-order valence-corrected chi connectivity index (χ2v) is 7.19. The predicted octanol–water partition coefficient (Wildman–Crippen LogP) is 5.07. The first-order chi connectivity index (χ1) is 11.5. The topological polar surface area (TPSA) is 121 Å². The van der Waals surface area contributed by atoms with Gasteiger partial charge in [-0.3, -0.25) is 4.79 Å². The normalized spacial score (nSPS) is 9.37. The molecule has 0 saturated heterocycles. The van der Waals surface area contributed by atoms with E-state index in [9.17, 15) is 4.79 Å². The third kappa shape index (κ3) is 51.8. The molecule has 6 N–H and O–H groups in total. The molecule has 166 valence electrons. The zero-order valence-corrected chi connectivity index (χ0v) is 19.8. The Kier molecular flexibility index (Phi) is 47.0. The van der Waals surface area contributed by atoms with Crippen LogP contribution in [0.25, 0.3) is 0 Å². The molecule has 0 amide bonds. The van der Waals surface area contributed by atoms with E-state index in [2.05, 4.69) is 6.92 Å². The zero-order chi connectivity index (χ0) is 18.5. The van der Waals surface area contributed by atoms with Crippen LogP contribution in [0.3, 0.4) is 0 Å². The van der Waals surface area contributed by atoms with Crippen molar-refractivity contribution in [2.75, 3.05) is 0 Å². The molecule has 0 spiro atoms. The molecule has 0 aliphatic heterocycles. The molecule has 0 aromatic rings. The molecule has 0 aliphatic carbocycles. The maximum atomic E-state index is 10.3. The van der Waals surface area contributed by atoms with Gasteiger partial charge in [0.25, 0.3) is 0 Å². The van der Waals surface area contributed by atoms with E-state index < -0.39 is 5.97 Å². The van der Waals surface area contributed by atoms with Gasteiger partial charge in [-0.05, 0) is 20.3 Å². The van der Waals surface area contributed by atoms with Crippen LogP contribution in [-0.2, 0) is 26.5 Å². The Labute approximate surface area is 183 Å². The number of rotatable bonds is 16. The molecule has 0 saturated carbocycles. The van der Waals surface area contributed by atoms with E-state index in [1.54, 1.807) is 13.8 Å². The quantitative estimate of drug-likeness (QED) is 0.264. The standard InChI is InChI=1S/C18H36O2.C3H8O.2H2O.Ti/c1-2-3-4-5-6-7-8-9-10-11-12-13-14-15-16-17-18(19)20;1-3(2)4;;;/h2-17H2,1H3,(H,19,20);3-4H,1-2H3;2*1H2;. The average molecular weight is 428 g/mol. The summed E-state index contributed by atoms with van der Waals surface area (Å²) < 4.78 is 0. The molecule has 0 aliphatic rings. The van der Waals surface area contributed by atoms with Crippen molar-refractivity contribution in [3.8, 4) is 0 Å². The molecular weight excluding hydrogens is 380 g/mol. The van der Waals surface area contributed by atoms with Crippen LogP contribution in [0.5, 0.6) is 0 Å². The van der Waals surface area contributed by atoms with E-state index in [1.807, 2.05) is 0 Å². The Morgan fingerprint density at radius 2 is 0.889 bits per heavy atom. The van der Waals surface area contributed by atoms with Crippen molar-refractivity contribution in [3.63, 3.8) is 0 Å². The molecule has 0 rings (SSSR count). The van der Waals surface area contributed by atoms with Gasteiger partial charge in [0, 0.05) is 34.2 Å². The third-order valence-electron chi connectivity index (χ3n) is 3.99. The summed E-state index contributed by atoms with van der Waals surface area (Å²) in [6, 6.07) is 0. The first kappa shape index (κ1) is 37.8. The number of carbonyl (C=O) groups is 1. The monoisotopic (exact) mass is 428 g/mol. The predicted molar refractivity (Wildman–Crippen MR) is 112 cm³/mol. The smallest absolute Gasteiger partial charge is 0.303 e. The van der Waals surface area contributed by atoms with Gasteiger partial charge in [-0.2, -0.15) is 0 Å². The van der Waals surface area contributed by atoms with Gasteiger partial charge in [0.2, 0.25) is 0 Å². The van der Waals surface area contributed by atoms with Crippen molar-refractivity contribution >= 4 is 5.97 Å². The first-order valence-corrected chi connectivity index (χ1v) is 10.4. The van der Waals surface area contributed by atoms with Gasteiger partial charge in [0.15, 0.2) is 0 Å². The number of hydrogen-bond donors (Lipinski definition) is 2. The van der Waals surface area contributed by atoms with Crippen LogP contribution in [0.2, 0.25) is 0 Å². The largest absolute Gasteiger partial charge is 0.481 e. The van der Waals surface area contributed by atoms with Crippen LogP contribution in [0.1, 0.15) is 124 Å². The molecule has 6 heteroatoms. The van der Waals surface area contributed by atoms with E-state index in [0.29, 0.717) is 6.42 Å². The number of aliphatic hydroxyl groups excluding tert-OH is 1. The van der Waals surface area contributed by atoms with Crippen LogP contribution in [-0.4, -0.2) is 33.2 Å². The van der Waals surface area contributed by atoms with E-state index in [-0.39, 0.29) is 38.8 Å². The van der Waals surface area contributed by atoms with Crippen molar-refractivity contribution in [1.82, 2.24) is 0 Å². The molecule has 0 aromatic heterocycles. The minimum atomic E-state index is -0.653. The number of carboxylic acids is 1. The molecule has 0 fully saturated rings. The van der Waals surface area contributed by atoms with Gasteiger partial charge in [0.1, 0.15) is 0 Å². The maximum absolute atomic E-state index is 10.3. The van der Waals surface area contributed by atoms with Crippen LogP contribution in [0, 0.1) is 0 Å².